The number of rotatable bonds is 5. The van der Waals surface area contributed by atoms with Crippen molar-refractivity contribution in [2.45, 2.75) is 33.2 Å². The second kappa shape index (κ2) is 7.65. The molecule has 7 heteroatoms. The predicted molar refractivity (Wildman–Crippen MR) is 97.0 cm³/mol. The molecule has 2 aromatic rings. The van der Waals surface area contributed by atoms with E-state index in [2.05, 4.69) is 57.4 Å². The summed E-state index contributed by atoms with van der Waals surface area (Å²) in [7, 11) is 0. The van der Waals surface area contributed by atoms with Crippen LogP contribution >= 0.6 is 0 Å². The Bertz CT molecular complexity index is 741. The van der Waals surface area contributed by atoms with Crippen LogP contribution in [0.2, 0.25) is 0 Å². The average Bonchev–Trinajstić information content (AvgIpc) is 3.02. The van der Waals surface area contributed by atoms with E-state index in [4.69, 9.17) is 5.73 Å². The molecule has 1 fully saturated rings. The SMILES string of the molecule is Cc1ccc(CN2CCCC(CNC(=O)c3nc(N)n[nH]3)C2)c(C)c1. The lowest BCUT2D eigenvalue weighted by Gasteiger charge is -2.33. The average molecular weight is 342 g/mol. The molecule has 4 N–H and O–H groups in total. The number of nitrogens with one attached hydrogen (secondary N) is 2. The van der Waals surface area contributed by atoms with Crippen molar-refractivity contribution in [3.63, 3.8) is 0 Å². The van der Waals surface area contributed by atoms with E-state index in [1.54, 1.807) is 0 Å². The van der Waals surface area contributed by atoms with E-state index in [9.17, 15) is 4.79 Å². The summed E-state index contributed by atoms with van der Waals surface area (Å²) in [5.41, 5.74) is 9.46. The smallest absolute Gasteiger partial charge is 0.288 e. The van der Waals surface area contributed by atoms with E-state index in [1.165, 1.54) is 16.7 Å². The molecule has 3 rings (SSSR count). The van der Waals surface area contributed by atoms with Gasteiger partial charge in [0, 0.05) is 19.6 Å². The van der Waals surface area contributed by atoms with Gasteiger partial charge < -0.3 is 11.1 Å². The lowest BCUT2D eigenvalue weighted by Crippen LogP contribution is -2.40. The number of nitrogen functional groups attached to an aromatic ring is 1. The van der Waals surface area contributed by atoms with Crippen molar-refractivity contribution in [2.75, 3.05) is 25.4 Å². The van der Waals surface area contributed by atoms with Gasteiger partial charge in [-0.15, -0.1) is 5.10 Å². The molecule has 134 valence electrons. The molecule has 2 heterocycles. The van der Waals surface area contributed by atoms with E-state index in [-0.39, 0.29) is 17.7 Å². The van der Waals surface area contributed by atoms with E-state index in [1.807, 2.05) is 0 Å². The van der Waals surface area contributed by atoms with Crippen LogP contribution in [-0.4, -0.2) is 45.6 Å². The van der Waals surface area contributed by atoms with Gasteiger partial charge >= 0.3 is 0 Å². The maximum Gasteiger partial charge on any atom is 0.288 e. The van der Waals surface area contributed by atoms with Crippen LogP contribution in [0, 0.1) is 19.8 Å². The first kappa shape index (κ1) is 17.4. The molecule has 1 atom stereocenters. The number of aromatic amines is 1. The number of benzene rings is 1. The summed E-state index contributed by atoms with van der Waals surface area (Å²) in [6.45, 7) is 8.01. The Morgan fingerprint density at radius 1 is 1.44 bits per heavy atom. The number of carbonyl (C=O) groups is 1. The normalized spacial score (nSPS) is 18.2. The third-order valence-corrected chi connectivity index (χ3v) is 4.76. The quantitative estimate of drug-likeness (QED) is 0.767. The van der Waals surface area contributed by atoms with Gasteiger partial charge in [0.25, 0.3) is 5.91 Å². The number of nitrogens with zero attached hydrogens (tertiary/aromatic N) is 3. The van der Waals surface area contributed by atoms with Crippen molar-refractivity contribution in [3.8, 4) is 0 Å². The van der Waals surface area contributed by atoms with Gasteiger partial charge in [0.15, 0.2) is 0 Å². The fraction of sp³-hybridized carbons (Fsp3) is 0.500. The number of H-pyrrole nitrogens is 1. The zero-order chi connectivity index (χ0) is 17.8. The lowest BCUT2D eigenvalue weighted by molar-refractivity contribution is 0.0920. The first-order chi connectivity index (χ1) is 12.0. The number of aryl methyl sites for hydroxylation is 2. The van der Waals surface area contributed by atoms with Crippen LogP contribution < -0.4 is 11.1 Å². The standard InChI is InChI=1S/C18H26N6O/c1-12-5-6-15(13(2)8-12)11-24-7-3-4-14(10-24)9-20-17(25)16-21-18(19)23-22-16/h5-6,8,14H,3-4,7,9-11H2,1-2H3,(H,20,25)(H3,19,21,22,23). The van der Waals surface area contributed by atoms with Gasteiger partial charge in [-0.1, -0.05) is 23.8 Å². The molecule has 1 saturated heterocycles. The lowest BCUT2D eigenvalue weighted by atomic mass is 9.96. The largest absolute Gasteiger partial charge is 0.366 e. The Morgan fingerprint density at radius 3 is 3.00 bits per heavy atom. The van der Waals surface area contributed by atoms with Crippen molar-refractivity contribution in [2.24, 2.45) is 5.92 Å². The zero-order valence-electron chi connectivity index (χ0n) is 14.9. The molecule has 7 nitrogen and oxygen atoms in total. The summed E-state index contributed by atoms with van der Waals surface area (Å²) in [5, 5.41) is 9.15. The first-order valence-corrected chi connectivity index (χ1v) is 8.76. The maximum absolute atomic E-state index is 12.0. The molecule has 1 aromatic heterocycles. The Kier molecular flexibility index (Phi) is 5.33. The van der Waals surface area contributed by atoms with Gasteiger partial charge in [-0.05, 0) is 50.3 Å². The monoisotopic (exact) mass is 342 g/mol. The van der Waals surface area contributed by atoms with Crippen LogP contribution in [0.4, 0.5) is 5.95 Å². The van der Waals surface area contributed by atoms with Gasteiger partial charge in [-0.2, -0.15) is 4.98 Å². The Hall–Kier alpha value is -2.41. The molecule has 25 heavy (non-hydrogen) atoms. The molecule has 0 bridgehead atoms. The molecule has 1 aromatic carbocycles. The molecule has 1 amide bonds. The molecule has 0 radical (unpaired) electrons. The van der Waals surface area contributed by atoms with Crippen LogP contribution in [0.25, 0.3) is 0 Å². The molecule has 0 saturated carbocycles. The number of aromatic nitrogens is 3. The van der Waals surface area contributed by atoms with Crippen molar-refractivity contribution < 1.29 is 4.79 Å². The highest BCUT2D eigenvalue weighted by Gasteiger charge is 2.21. The molecular formula is C18H26N6O. The fourth-order valence-corrected chi connectivity index (χ4v) is 3.42. The van der Waals surface area contributed by atoms with Gasteiger partial charge in [-0.25, -0.2) is 0 Å². The van der Waals surface area contributed by atoms with Crippen LogP contribution in [0.3, 0.4) is 0 Å². The minimum Gasteiger partial charge on any atom is -0.366 e. The van der Waals surface area contributed by atoms with Crippen molar-refractivity contribution in [1.29, 1.82) is 0 Å². The highest BCUT2D eigenvalue weighted by atomic mass is 16.2. The van der Waals surface area contributed by atoms with Gasteiger partial charge in [0.05, 0.1) is 0 Å². The van der Waals surface area contributed by atoms with Gasteiger partial charge in [0.2, 0.25) is 11.8 Å². The second-order valence-electron chi connectivity index (χ2n) is 6.93. The summed E-state index contributed by atoms with van der Waals surface area (Å²) in [6, 6.07) is 6.64. The predicted octanol–water partition coefficient (Wildman–Crippen LogP) is 1.65. The summed E-state index contributed by atoms with van der Waals surface area (Å²) >= 11 is 0. The summed E-state index contributed by atoms with van der Waals surface area (Å²) in [6.07, 6.45) is 2.28. The summed E-state index contributed by atoms with van der Waals surface area (Å²) in [4.78, 5) is 18.4. The number of carbonyl (C=O) groups excluding carboxylic acids is 1. The van der Waals surface area contributed by atoms with Crippen LogP contribution in [0.15, 0.2) is 18.2 Å². The Balaban J connectivity index is 1.51. The minimum absolute atomic E-state index is 0.0856. The van der Waals surface area contributed by atoms with E-state index < -0.39 is 0 Å². The molecule has 0 aliphatic carbocycles. The molecule has 1 unspecified atom stereocenters. The zero-order valence-corrected chi connectivity index (χ0v) is 14.9. The minimum atomic E-state index is -0.254. The van der Waals surface area contributed by atoms with E-state index in [0.717, 1.165) is 32.5 Å². The maximum atomic E-state index is 12.0. The number of anilines is 1. The highest BCUT2D eigenvalue weighted by Crippen LogP contribution is 2.20. The van der Waals surface area contributed by atoms with Crippen molar-refractivity contribution >= 4 is 11.9 Å². The summed E-state index contributed by atoms with van der Waals surface area (Å²) in [5.74, 6) is 0.447. The van der Waals surface area contributed by atoms with Crippen LogP contribution in [0.1, 0.15) is 40.2 Å². The van der Waals surface area contributed by atoms with Crippen LogP contribution in [0.5, 0.6) is 0 Å². The topological polar surface area (TPSA) is 99.9 Å². The number of piperidine rings is 1. The molecule has 0 spiro atoms. The highest BCUT2D eigenvalue weighted by molar-refractivity contribution is 5.90. The van der Waals surface area contributed by atoms with E-state index >= 15 is 0 Å². The molecule has 1 aliphatic heterocycles. The molecular weight excluding hydrogens is 316 g/mol. The molecule has 1 aliphatic rings. The first-order valence-electron chi connectivity index (χ1n) is 8.76. The third kappa shape index (κ3) is 4.57. The van der Waals surface area contributed by atoms with Gasteiger partial charge in [0.1, 0.15) is 0 Å². The number of likely N-dealkylation sites (tertiary alicyclic amines) is 1. The number of nitrogens with two attached hydrogens (primary N) is 1. The number of amides is 1. The van der Waals surface area contributed by atoms with E-state index in [0.29, 0.717) is 12.5 Å². The van der Waals surface area contributed by atoms with Crippen LogP contribution in [-0.2, 0) is 6.54 Å². The van der Waals surface area contributed by atoms with Crippen molar-refractivity contribution in [1.82, 2.24) is 25.4 Å². The Labute approximate surface area is 148 Å². The summed E-state index contributed by atoms with van der Waals surface area (Å²) < 4.78 is 0. The fourth-order valence-electron chi connectivity index (χ4n) is 3.42. The van der Waals surface area contributed by atoms with Crippen molar-refractivity contribution in [3.05, 3.63) is 40.7 Å². The van der Waals surface area contributed by atoms with Gasteiger partial charge in [-0.3, -0.25) is 14.8 Å². The number of hydrogen-bond donors (Lipinski definition) is 3. The number of hydrogen-bond acceptors (Lipinski definition) is 5. The third-order valence-electron chi connectivity index (χ3n) is 4.76. The Morgan fingerprint density at radius 2 is 2.28 bits per heavy atom. The second-order valence-corrected chi connectivity index (χ2v) is 6.93.